The van der Waals surface area contributed by atoms with Crippen molar-refractivity contribution in [1.29, 1.82) is 0 Å². The van der Waals surface area contributed by atoms with Gasteiger partial charge in [-0.1, -0.05) is 41.7 Å². The fourth-order valence-electron chi connectivity index (χ4n) is 2.27. The molecule has 5 nitrogen and oxygen atoms in total. The van der Waals surface area contributed by atoms with Crippen molar-refractivity contribution < 1.29 is 22.7 Å². The van der Waals surface area contributed by atoms with E-state index in [1.807, 2.05) is 30.3 Å². The van der Waals surface area contributed by atoms with Crippen LogP contribution in [-0.4, -0.2) is 22.7 Å². The number of alkyl halides is 3. The van der Waals surface area contributed by atoms with E-state index in [1.165, 1.54) is 12.1 Å². The molecule has 0 spiro atoms. The third-order valence-corrected chi connectivity index (χ3v) is 4.39. The Morgan fingerprint density at radius 1 is 1.04 bits per heavy atom. The highest BCUT2D eigenvalue weighted by Gasteiger charge is 2.35. The number of benzene rings is 2. The van der Waals surface area contributed by atoms with Crippen LogP contribution in [0.1, 0.15) is 20.9 Å². The Bertz CT molecular complexity index is 913. The number of amides is 1. The van der Waals surface area contributed by atoms with E-state index in [0.717, 1.165) is 29.2 Å². The van der Waals surface area contributed by atoms with Crippen molar-refractivity contribution >= 4 is 22.4 Å². The fourth-order valence-corrected chi connectivity index (χ4v) is 2.99. The number of carbonyl (C=O) groups is 1. The highest BCUT2D eigenvalue weighted by molar-refractivity contribution is 7.15. The van der Waals surface area contributed by atoms with E-state index in [-0.39, 0.29) is 5.13 Å². The number of carbonyl (C=O) groups excluding carboxylic acids is 1. The highest BCUT2D eigenvalue weighted by atomic mass is 32.1. The van der Waals surface area contributed by atoms with E-state index in [4.69, 9.17) is 4.74 Å². The number of anilines is 1. The van der Waals surface area contributed by atoms with E-state index >= 15 is 0 Å². The first-order chi connectivity index (χ1) is 12.9. The lowest BCUT2D eigenvalue weighted by Gasteiger charge is -2.11. The second-order valence-corrected chi connectivity index (χ2v) is 6.47. The summed E-state index contributed by atoms with van der Waals surface area (Å²) in [5.41, 5.74) is -1.46. The number of para-hydroxylation sites is 1. The standard InChI is InChI=1S/C18H14F3N3O2S/c19-18(20,21)14-9-5-4-8-13(14)16(25)22-17-24-23-15(27-17)10-11-26-12-6-2-1-3-7-12/h1-9H,10-11H2,(H,22,24,25). The van der Waals surface area contributed by atoms with Crippen molar-refractivity contribution in [3.8, 4) is 5.75 Å². The monoisotopic (exact) mass is 393 g/mol. The molecule has 9 heteroatoms. The van der Waals surface area contributed by atoms with E-state index in [9.17, 15) is 18.0 Å². The Labute approximate surface area is 156 Å². The third-order valence-electron chi connectivity index (χ3n) is 3.49. The number of aromatic nitrogens is 2. The quantitative estimate of drug-likeness (QED) is 0.673. The molecule has 1 aromatic heterocycles. The average Bonchev–Trinajstić information content (AvgIpc) is 3.09. The van der Waals surface area contributed by atoms with Crippen molar-refractivity contribution in [2.24, 2.45) is 0 Å². The van der Waals surface area contributed by atoms with E-state index in [0.29, 0.717) is 18.0 Å². The molecule has 2 aromatic carbocycles. The number of hydrogen-bond acceptors (Lipinski definition) is 5. The van der Waals surface area contributed by atoms with Crippen LogP contribution in [0.15, 0.2) is 54.6 Å². The van der Waals surface area contributed by atoms with Crippen LogP contribution in [0, 0.1) is 0 Å². The summed E-state index contributed by atoms with van der Waals surface area (Å²) in [5.74, 6) is -0.162. The van der Waals surface area contributed by atoms with Gasteiger partial charge in [0.05, 0.1) is 17.7 Å². The summed E-state index contributed by atoms with van der Waals surface area (Å²) in [7, 11) is 0. The Hall–Kier alpha value is -2.94. The lowest BCUT2D eigenvalue weighted by Crippen LogP contribution is -2.18. The van der Waals surface area contributed by atoms with Gasteiger partial charge in [-0.25, -0.2) is 0 Å². The molecule has 140 valence electrons. The molecule has 1 heterocycles. The first-order valence-electron chi connectivity index (χ1n) is 7.91. The molecule has 0 aliphatic rings. The van der Waals surface area contributed by atoms with Gasteiger partial charge in [0.2, 0.25) is 5.13 Å². The Balaban J connectivity index is 1.60. The molecule has 1 amide bonds. The zero-order valence-electron chi connectivity index (χ0n) is 13.9. The van der Waals surface area contributed by atoms with Gasteiger partial charge in [-0.05, 0) is 24.3 Å². The van der Waals surface area contributed by atoms with Gasteiger partial charge in [0.25, 0.3) is 5.91 Å². The normalized spacial score (nSPS) is 11.2. The number of hydrogen-bond donors (Lipinski definition) is 1. The van der Waals surface area contributed by atoms with Gasteiger partial charge in [0, 0.05) is 6.42 Å². The molecule has 0 fully saturated rings. The van der Waals surface area contributed by atoms with E-state index < -0.39 is 23.2 Å². The molecule has 27 heavy (non-hydrogen) atoms. The van der Waals surface area contributed by atoms with Crippen molar-refractivity contribution in [2.45, 2.75) is 12.6 Å². The highest BCUT2D eigenvalue weighted by Crippen LogP contribution is 2.32. The van der Waals surface area contributed by atoms with Gasteiger partial charge in [-0.15, -0.1) is 10.2 Å². The second kappa shape index (κ2) is 8.17. The SMILES string of the molecule is O=C(Nc1nnc(CCOc2ccccc2)s1)c1ccccc1C(F)(F)F. The largest absolute Gasteiger partial charge is 0.493 e. The van der Waals surface area contributed by atoms with Gasteiger partial charge in [-0.3, -0.25) is 10.1 Å². The lowest BCUT2D eigenvalue weighted by molar-refractivity contribution is -0.137. The lowest BCUT2D eigenvalue weighted by atomic mass is 10.1. The van der Waals surface area contributed by atoms with Crippen molar-refractivity contribution in [1.82, 2.24) is 10.2 Å². The minimum atomic E-state index is -4.62. The summed E-state index contributed by atoms with van der Waals surface area (Å²) in [5, 5.41) is 10.8. The van der Waals surface area contributed by atoms with Crippen LogP contribution in [0.5, 0.6) is 5.75 Å². The molecule has 3 rings (SSSR count). The van der Waals surface area contributed by atoms with Gasteiger partial charge in [-0.2, -0.15) is 13.2 Å². The predicted molar refractivity (Wildman–Crippen MR) is 94.9 cm³/mol. The first kappa shape index (κ1) is 18.8. The summed E-state index contributed by atoms with van der Waals surface area (Å²) in [6.45, 7) is 0.365. The molecule has 0 atom stereocenters. The smallest absolute Gasteiger partial charge is 0.417 e. The molecule has 0 unspecified atom stereocenters. The molecular weight excluding hydrogens is 379 g/mol. The van der Waals surface area contributed by atoms with Crippen LogP contribution >= 0.6 is 11.3 Å². The number of nitrogens with one attached hydrogen (secondary N) is 1. The Morgan fingerprint density at radius 2 is 1.74 bits per heavy atom. The Morgan fingerprint density at radius 3 is 2.48 bits per heavy atom. The van der Waals surface area contributed by atoms with Gasteiger partial charge in [0.15, 0.2) is 0 Å². The molecule has 0 radical (unpaired) electrons. The van der Waals surface area contributed by atoms with Crippen LogP contribution in [0.3, 0.4) is 0 Å². The molecule has 3 aromatic rings. The Kier molecular flexibility index (Phi) is 5.70. The number of halogens is 3. The summed E-state index contributed by atoms with van der Waals surface area (Å²) in [6.07, 6.45) is -4.16. The average molecular weight is 393 g/mol. The van der Waals surface area contributed by atoms with Crippen LogP contribution in [0.25, 0.3) is 0 Å². The van der Waals surface area contributed by atoms with Crippen LogP contribution in [0.4, 0.5) is 18.3 Å². The maximum atomic E-state index is 13.0. The molecule has 0 saturated heterocycles. The molecule has 0 aliphatic carbocycles. The molecule has 0 saturated carbocycles. The maximum absolute atomic E-state index is 13.0. The minimum Gasteiger partial charge on any atom is -0.493 e. The summed E-state index contributed by atoms with van der Waals surface area (Å²) < 4.78 is 44.6. The predicted octanol–water partition coefficient (Wildman–Crippen LogP) is 4.43. The van der Waals surface area contributed by atoms with Crippen molar-refractivity contribution in [3.63, 3.8) is 0 Å². The zero-order chi connectivity index (χ0) is 19.3. The topological polar surface area (TPSA) is 64.1 Å². The number of rotatable bonds is 6. The molecule has 0 aliphatic heterocycles. The van der Waals surface area contributed by atoms with Crippen molar-refractivity contribution in [3.05, 3.63) is 70.7 Å². The van der Waals surface area contributed by atoms with E-state index in [2.05, 4.69) is 15.5 Å². The minimum absolute atomic E-state index is 0.131. The molecule has 0 bridgehead atoms. The fraction of sp³-hybridized carbons (Fsp3) is 0.167. The van der Waals surface area contributed by atoms with E-state index in [1.54, 1.807) is 0 Å². The van der Waals surface area contributed by atoms with Gasteiger partial charge >= 0.3 is 6.18 Å². The molecule has 1 N–H and O–H groups in total. The van der Waals surface area contributed by atoms with Gasteiger partial charge < -0.3 is 4.74 Å². The summed E-state index contributed by atoms with van der Waals surface area (Å²) in [4.78, 5) is 12.2. The van der Waals surface area contributed by atoms with Crippen LogP contribution < -0.4 is 10.1 Å². The van der Waals surface area contributed by atoms with Crippen LogP contribution in [-0.2, 0) is 12.6 Å². The second-order valence-electron chi connectivity index (χ2n) is 5.41. The van der Waals surface area contributed by atoms with Crippen LogP contribution in [0.2, 0.25) is 0 Å². The molecular formula is C18H14F3N3O2S. The number of nitrogens with zero attached hydrogens (tertiary/aromatic N) is 2. The van der Waals surface area contributed by atoms with Gasteiger partial charge in [0.1, 0.15) is 10.8 Å². The number of ether oxygens (including phenoxy) is 1. The third kappa shape index (κ3) is 5.04. The van der Waals surface area contributed by atoms with Crippen molar-refractivity contribution in [2.75, 3.05) is 11.9 Å². The summed E-state index contributed by atoms with van der Waals surface area (Å²) in [6, 6.07) is 13.8. The maximum Gasteiger partial charge on any atom is 0.417 e. The first-order valence-corrected chi connectivity index (χ1v) is 8.73. The zero-order valence-corrected chi connectivity index (χ0v) is 14.7. The summed E-state index contributed by atoms with van der Waals surface area (Å²) >= 11 is 1.09.